The second-order valence-electron chi connectivity index (χ2n) is 4.00. The van der Waals surface area contributed by atoms with Gasteiger partial charge in [-0.3, -0.25) is 4.68 Å². The van der Waals surface area contributed by atoms with Crippen LogP contribution in [0, 0.1) is 0 Å². The number of halogens is 2. The van der Waals surface area contributed by atoms with Crippen molar-refractivity contribution in [2.24, 2.45) is 5.73 Å². The lowest BCUT2D eigenvalue weighted by Gasteiger charge is -2.22. The Balaban J connectivity index is 2.42. The summed E-state index contributed by atoms with van der Waals surface area (Å²) in [5.41, 5.74) is 7.10. The largest absolute Gasteiger partial charge is 0.326 e. The Hall–Kier alpha value is -0.840. The molecule has 0 amide bonds. The second kappa shape index (κ2) is 5.21. The van der Waals surface area contributed by atoms with E-state index in [4.69, 9.17) is 17.3 Å². The lowest BCUT2D eigenvalue weighted by molar-refractivity contribution is 0.454. The van der Waals surface area contributed by atoms with Gasteiger partial charge in [-0.15, -0.1) is 0 Å². The number of aromatic nitrogens is 2. The first-order valence-corrected chi connectivity index (χ1v) is 6.45. The van der Waals surface area contributed by atoms with E-state index in [0.717, 1.165) is 10.0 Å². The Bertz CT molecular complexity index is 510. The lowest BCUT2D eigenvalue weighted by atomic mass is 10.0. The summed E-state index contributed by atoms with van der Waals surface area (Å²) in [6.45, 7) is 1.96. The van der Waals surface area contributed by atoms with E-state index in [1.54, 1.807) is 6.20 Å². The maximum absolute atomic E-state index is 6.04. The van der Waals surface area contributed by atoms with Crippen molar-refractivity contribution >= 4 is 27.5 Å². The first-order valence-electron chi connectivity index (χ1n) is 5.28. The number of benzene rings is 1. The third-order valence-electron chi connectivity index (χ3n) is 2.54. The molecule has 0 aliphatic rings. The number of nitrogens with two attached hydrogens (primary N) is 1. The summed E-state index contributed by atoms with van der Waals surface area (Å²) >= 11 is 9.39. The van der Waals surface area contributed by atoms with Crippen LogP contribution < -0.4 is 5.73 Å². The Kier molecular flexibility index (Phi) is 3.86. The quantitative estimate of drug-likeness (QED) is 0.945. The number of rotatable bonds is 3. The molecule has 0 saturated carbocycles. The van der Waals surface area contributed by atoms with Gasteiger partial charge in [0.1, 0.15) is 0 Å². The summed E-state index contributed by atoms with van der Waals surface area (Å²) in [6.07, 6.45) is 3.66. The maximum atomic E-state index is 6.04. The first-order chi connectivity index (χ1) is 8.08. The molecule has 2 N–H and O–H groups in total. The minimum atomic E-state index is -0.0553. The van der Waals surface area contributed by atoms with Gasteiger partial charge >= 0.3 is 0 Å². The van der Waals surface area contributed by atoms with E-state index in [2.05, 4.69) is 21.0 Å². The zero-order chi connectivity index (χ0) is 12.4. The van der Waals surface area contributed by atoms with Crippen LogP contribution in [0.5, 0.6) is 0 Å². The SMILES string of the molecule is CC(N)C(c1cccc(Cl)c1)n1cc(Br)cn1. The second-order valence-corrected chi connectivity index (χ2v) is 5.35. The molecule has 2 atom stereocenters. The summed E-state index contributed by atoms with van der Waals surface area (Å²) in [5, 5.41) is 5.00. The van der Waals surface area contributed by atoms with Crippen LogP contribution in [0.4, 0.5) is 0 Å². The molecule has 1 aromatic carbocycles. The van der Waals surface area contributed by atoms with Gasteiger partial charge in [0.25, 0.3) is 0 Å². The van der Waals surface area contributed by atoms with Crippen molar-refractivity contribution < 1.29 is 0 Å². The van der Waals surface area contributed by atoms with Crippen LogP contribution in [-0.4, -0.2) is 15.8 Å². The molecule has 3 nitrogen and oxygen atoms in total. The molecule has 1 aromatic heterocycles. The minimum Gasteiger partial charge on any atom is -0.326 e. The summed E-state index contributed by atoms with van der Waals surface area (Å²) < 4.78 is 2.78. The van der Waals surface area contributed by atoms with Crippen LogP contribution in [0.15, 0.2) is 41.1 Å². The van der Waals surface area contributed by atoms with Gasteiger partial charge in [0.05, 0.1) is 16.7 Å². The first kappa shape index (κ1) is 12.6. The van der Waals surface area contributed by atoms with Gasteiger partial charge in [0.2, 0.25) is 0 Å². The van der Waals surface area contributed by atoms with E-state index in [0.29, 0.717) is 5.02 Å². The zero-order valence-electron chi connectivity index (χ0n) is 9.35. The van der Waals surface area contributed by atoms with Crippen molar-refractivity contribution in [2.45, 2.75) is 19.0 Å². The molecule has 90 valence electrons. The Morgan fingerprint density at radius 1 is 1.47 bits per heavy atom. The van der Waals surface area contributed by atoms with Crippen molar-refractivity contribution in [2.75, 3.05) is 0 Å². The van der Waals surface area contributed by atoms with Crippen molar-refractivity contribution in [3.63, 3.8) is 0 Å². The van der Waals surface area contributed by atoms with Crippen LogP contribution in [0.2, 0.25) is 5.02 Å². The van der Waals surface area contributed by atoms with Crippen LogP contribution >= 0.6 is 27.5 Å². The Morgan fingerprint density at radius 3 is 2.76 bits per heavy atom. The molecular formula is C12H13BrClN3. The molecule has 0 spiro atoms. The van der Waals surface area contributed by atoms with E-state index in [1.807, 2.05) is 42.1 Å². The molecule has 0 aliphatic carbocycles. The smallest absolute Gasteiger partial charge is 0.0917 e. The summed E-state index contributed by atoms with van der Waals surface area (Å²) in [6, 6.07) is 7.63. The fourth-order valence-electron chi connectivity index (χ4n) is 1.85. The number of nitrogens with zero attached hydrogens (tertiary/aromatic N) is 2. The fourth-order valence-corrected chi connectivity index (χ4v) is 2.35. The third-order valence-corrected chi connectivity index (χ3v) is 3.19. The van der Waals surface area contributed by atoms with Gasteiger partial charge in [-0.05, 0) is 40.5 Å². The highest BCUT2D eigenvalue weighted by atomic mass is 79.9. The standard InChI is InChI=1S/C12H13BrClN3/c1-8(15)12(17-7-10(13)6-16-17)9-3-2-4-11(14)5-9/h2-8,12H,15H2,1H3. The molecule has 0 radical (unpaired) electrons. The normalized spacial score (nSPS) is 14.6. The highest BCUT2D eigenvalue weighted by Gasteiger charge is 2.19. The topological polar surface area (TPSA) is 43.8 Å². The van der Waals surface area contributed by atoms with Crippen molar-refractivity contribution in [1.82, 2.24) is 9.78 Å². The predicted molar refractivity (Wildman–Crippen MR) is 73.2 cm³/mol. The number of hydrogen-bond donors (Lipinski definition) is 1. The molecule has 2 aromatic rings. The van der Waals surface area contributed by atoms with Gasteiger partial charge in [-0.25, -0.2) is 0 Å². The van der Waals surface area contributed by atoms with Crippen molar-refractivity contribution in [1.29, 1.82) is 0 Å². The summed E-state index contributed by atoms with van der Waals surface area (Å²) in [5.74, 6) is 0. The van der Waals surface area contributed by atoms with Crippen molar-refractivity contribution in [3.8, 4) is 0 Å². The van der Waals surface area contributed by atoms with Gasteiger partial charge in [-0.2, -0.15) is 5.10 Å². The minimum absolute atomic E-state index is 0.0139. The highest BCUT2D eigenvalue weighted by molar-refractivity contribution is 9.10. The van der Waals surface area contributed by atoms with Gasteiger partial charge < -0.3 is 5.73 Å². The predicted octanol–water partition coefficient (Wildman–Crippen LogP) is 3.24. The van der Waals surface area contributed by atoms with Gasteiger partial charge in [0.15, 0.2) is 0 Å². The fraction of sp³-hybridized carbons (Fsp3) is 0.250. The molecule has 17 heavy (non-hydrogen) atoms. The van der Waals surface area contributed by atoms with Gasteiger partial charge in [0, 0.05) is 17.3 Å². The van der Waals surface area contributed by atoms with Crippen LogP contribution in [0.3, 0.4) is 0 Å². The Labute approximate surface area is 114 Å². The van der Waals surface area contributed by atoms with Gasteiger partial charge in [-0.1, -0.05) is 23.7 Å². The average molecular weight is 315 g/mol. The highest BCUT2D eigenvalue weighted by Crippen LogP contribution is 2.24. The van der Waals surface area contributed by atoms with E-state index in [-0.39, 0.29) is 12.1 Å². The molecule has 0 bridgehead atoms. The van der Waals surface area contributed by atoms with Crippen LogP contribution in [-0.2, 0) is 0 Å². The lowest BCUT2D eigenvalue weighted by Crippen LogP contribution is -2.30. The van der Waals surface area contributed by atoms with Crippen LogP contribution in [0.25, 0.3) is 0 Å². The molecule has 1 heterocycles. The van der Waals surface area contributed by atoms with E-state index < -0.39 is 0 Å². The monoisotopic (exact) mass is 313 g/mol. The Morgan fingerprint density at radius 2 is 2.24 bits per heavy atom. The molecule has 0 fully saturated rings. The molecule has 2 unspecified atom stereocenters. The molecule has 0 aliphatic heterocycles. The molecular weight excluding hydrogens is 302 g/mol. The molecule has 0 saturated heterocycles. The summed E-state index contributed by atoms with van der Waals surface area (Å²) in [7, 11) is 0. The van der Waals surface area contributed by atoms with Crippen molar-refractivity contribution in [3.05, 3.63) is 51.7 Å². The average Bonchev–Trinajstić information content (AvgIpc) is 2.64. The van der Waals surface area contributed by atoms with E-state index in [1.165, 1.54) is 0 Å². The summed E-state index contributed by atoms with van der Waals surface area (Å²) in [4.78, 5) is 0. The zero-order valence-corrected chi connectivity index (χ0v) is 11.7. The molecule has 5 heteroatoms. The number of hydrogen-bond acceptors (Lipinski definition) is 2. The molecule has 2 rings (SSSR count). The van der Waals surface area contributed by atoms with Crippen LogP contribution in [0.1, 0.15) is 18.5 Å². The third kappa shape index (κ3) is 2.89. The maximum Gasteiger partial charge on any atom is 0.0917 e. The van der Waals surface area contributed by atoms with E-state index >= 15 is 0 Å². The van der Waals surface area contributed by atoms with E-state index in [9.17, 15) is 0 Å².